The number of alkyl halides is 3. The van der Waals surface area contributed by atoms with Gasteiger partial charge in [-0.3, -0.25) is 13.8 Å². The second kappa shape index (κ2) is 14.5. The first-order chi connectivity index (χ1) is 24.0. The van der Waals surface area contributed by atoms with Crippen LogP contribution in [0.3, 0.4) is 0 Å². The number of halogens is 5. The van der Waals surface area contributed by atoms with Gasteiger partial charge in [0.25, 0.3) is 0 Å². The molecule has 0 atom stereocenters. The van der Waals surface area contributed by atoms with Crippen molar-refractivity contribution in [1.82, 2.24) is 30.1 Å². The van der Waals surface area contributed by atoms with Gasteiger partial charge in [-0.1, -0.05) is 53.7 Å². The summed E-state index contributed by atoms with van der Waals surface area (Å²) < 4.78 is 66.3. The summed E-state index contributed by atoms with van der Waals surface area (Å²) in [6.45, 7) is 0. The Bertz CT molecular complexity index is 2380. The number of carboxylic acids is 1. The third-order valence-electron chi connectivity index (χ3n) is 7.05. The first-order valence-corrected chi connectivity index (χ1v) is 16.0. The summed E-state index contributed by atoms with van der Waals surface area (Å²) in [5.74, 6) is -2.67. The van der Waals surface area contributed by atoms with Crippen LogP contribution in [0.15, 0.2) is 97.1 Å². The van der Waals surface area contributed by atoms with Gasteiger partial charge in [0.2, 0.25) is 0 Å². The van der Waals surface area contributed by atoms with Crippen LogP contribution >= 0.6 is 22.7 Å². The zero-order chi connectivity index (χ0) is 35.0. The fourth-order valence-electron chi connectivity index (χ4n) is 4.75. The van der Waals surface area contributed by atoms with E-state index < -0.39 is 29.5 Å². The minimum atomic E-state index is -4.61. The maximum absolute atomic E-state index is 13.7. The van der Waals surface area contributed by atoms with Gasteiger partial charge in [0.15, 0.2) is 0 Å². The number of benzene rings is 3. The van der Waals surface area contributed by atoms with Crippen molar-refractivity contribution in [2.75, 3.05) is 0 Å². The van der Waals surface area contributed by atoms with Crippen LogP contribution in [0.5, 0.6) is 0 Å². The summed E-state index contributed by atoms with van der Waals surface area (Å²) >= 11 is 2.99. The Labute approximate surface area is 305 Å². The van der Waals surface area contributed by atoms with Crippen molar-refractivity contribution < 1.29 is 51.3 Å². The second-order valence-electron chi connectivity index (χ2n) is 10.5. The molecule has 0 aliphatic heterocycles. The Balaban J connectivity index is 0.000000175. The molecule has 0 radical (unpaired) electrons. The Morgan fingerprint density at radius 3 is 1.82 bits per heavy atom. The zero-order valence-corrected chi connectivity index (χ0v) is 28.7. The fraction of sp³-hybridized carbons (Fsp3) is 0.0286. The van der Waals surface area contributed by atoms with Gasteiger partial charge in [-0.15, -0.1) is 34.8 Å². The molecular weight excluding hydrogens is 797 g/mol. The monoisotopic (exact) mass is 814 g/mol. The third kappa shape index (κ3) is 7.72. The van der Waals surface area contributed by atoms with Crippen LogP contribution < -0.4 is 5.10 Å². The number of aromatic carboxylic acids is 1. The molecule has 8 rings (SSSR count). The number of rotatable bonds is 5. The summed E-state index contributed by atoms with van der Waals surface area (Å²) in [6, 6.07) is 27.8. The second-order valence-corrected chi connectivity index (χ2v) is 12.5. The van der Waals surface area contributed by atoms with Crippen LogP contribution in [0, 0.1) is 17.7 Å². The number of pyridine rings is 2. The maximum Gasteiger partial charge on any atom is 2.00 e. The van der Waals surface area contributed by atoms with Gasteiger partial charge < -0.3 is 15.3 Å². The van der Waals surface area contributed by atoms with Gasteiger partial charge in [-0.2, -0.15) is 13.2 Å². The number of para-hydroxylation sites is 2. The SMILES string of the molecule is Fc1c[c-]c(-c2cccc(-c3cc(C(F)(F)F)n[n-]3)n2)c(F)c1.O=C(O)c1cc(-c2nc3ccccc3s2)nc(-c2nc3ccccc3s2)c1.[Ru+2]. The van der Waals surface area contributed by atoms with E-state index in [0.717, 1.165) is 32.6 Å². The van der Waals surface area contributed by atoms with Gasteiger partial charge in [0.05, 0.1) is 26.0 Å². The summed E-state index contributed by atoms with van der Waals surface area (Å²) in [6.07, 6.45) is -4.61. The van der Waals surface area contributed by atoms with E-state index in [2.05, 4.69) is 36.2 Å². The van der Waals surface area contributed by atoms with E-state index in [-0.39, 0.29) is 47.7 Å². The molecule has 5 aromatic heterocycles. The van der Waals surface area contributed by atoms with E-state index in [4.69, 9.17) is 0 Å². The molecule has 0 bridgehead atoms. The molecule has 0 aliphatic carbocycles. The molecular formula is C35H17F5N6O2RuS2. The average Bonchev–Trinajstić information content (AvgIpc) is 3.87. The van der Waals surface area contributed by atoms with Crippen molar-refractivity contribution in [2.45, 2.75) is 6.18 Å². The Kier molecular flexibility index (Phi) is 10.1. The number of hydrogen-bond donors (Lipinski definition) is 1. The average molecular weight is 814 g/mol. The summed E-state index contributed by atoms with van der Waals surface area (Å²) in [5.41, 5.74) is 1.87. The topological polar surface area (TPSA) is 116 Å². The van der Waals surface area contributed by atoms with E-state index in [9.17, 15) is 31.9 Å². The molecule has 0 saturated carbocycles. The zero-order valence-electron chi connectivity index (χ0n) is 25.3. The number of fused-ring (bicyclic) bond motifs is 2. The largest absolute Gasteiger partial charge is 2.00 e. The molecule has 3 aromatic carbocycles. The van der Waals surface area contributed by atoms with E-state index in [1.807, 2.05) is 48.5 Å². The molecule has 254 valence electrons. The molecule has 8 aromatic rings. The molecule has 8 nitrogen and oxygen atoms in total. The van der Waals surface area contributed by atoms with Gasteiger partial charge in [-0.05, 0) is 54.2 Å². The molecule has 0 unspecified atom stereocenters. The summed E-state index contributed by atoms with van der Waals surface area (Å²) in [5, 5.41) is 17.4. The predicted molar refractivity (Wildman–Crippen MR) is 178 cm³/mol. The maximum atomic E-state index is 13.7. The number of carbonyl (C=O) groups is 1. The van der Waals surface area contributed by atoms with E-state index in [1.54, 1.807) is 12.1 Å². The van der Waals surface area contributed by atoms with Crippen molar-refractivity contribution in [3.05, 3.63) is 126 Å². The van der Waals surface area contributed by atoms with Crippen molar-refractivity contribution in [3.63, 3.8) is 0 Å². The summed E-state index contributed by atoms with van der Waals surface area (Å²) in [7, 11) is 0. The number of aromatic nitrogens is 6. The fourth-order valence-corrected chi connectivity index (χ4v) is 6.61. The van der Waals surface area contributed by atoms with Crippen LogP contribution in [0.4, 0.5) is 22.0 Å². The Hall–Kier alpha value is -5.31. The number of nitrogens with zero attached hydrogens (tertiary/aromatic N) is 6. The molecule has 16 heteroatoms. The van der Waals surface area contributed by atoms with Crippen LogP contribution in [0.25, 0.3) is 64.5 Å². The molecule has 0 amide bonds. The van der Waals surface area contributed by atoms with Crippen molar-refractivity contribution in [2.24, 2.45) is 0 Å². The minimum Gasteiger partial charge on any atom is -0.573 e. The van der Waals surface area contributed by atoms with Crippen molar-refractivity contribution in [3.8, 4) is 44.0 Å². The van der Waals surface area contributed by atoms with E-state index in [0.29, 0.717) is 27.5 Å². The predicted octanol–water partition coefficient (Wildman–Crippen LogP) is 9.20. The molecule has 5 heterocycles. The van der Waals surface area contributed by atoms with E-state index >= 15 is 0 Å². The number of hydrogen-bond acceptors (Lipinski definition) is 8. The van der Waals surface area contributed by atoms with Crippen LogP contribution in [-0.2, 0) is 25.7 Å². The van der Waals surface area contributed by atoms with E-state index in [1.165, 1.54) is 40.9 Å². The molecule has 0 fully saturated rings. The molecule has 1 N–H and O–H groups in total. The van der Waals surface area contributed by atoms with Crippen LogP contribution in [0.2, 0.25) is 0 Å². The number of thiazole rings is 2. The quantitative estimate of drug-likeness (QED) is 0.104. The molecule has 51 heavy (non-hydrogen) atoms. The van der Waals surface area contributed by atoms with Gasteiger partial charge in [0.1, 0.15) is 27.1 Å². The summed E-state index contributed by atoms with van der Waals surface area (Å²) in [4.78, 5) is 29.6. The first kappa shape index (κ1) is 35.5. The minimum absolute atomic E-state index is 0. The molecule has 0 aliphatic rings. The van der Waals surface area contributed by atoms with Crippen LogP contribution in [0.1, 0.15) is 16.1 Å². The molecule has 0 spiro atoms. The number of carboxylic acid groups (broad SMARTS) is 1. The first-order valence-electron chi connectivity index (χ1n) is 14.4. The van der Waals surface area contributed by atoms with Gasteiger partial charge >= 0.3 is 31.6 Å². The standard InChI is InChI=1S/C20H11N3O2S2.C15H6F5N3.Ru/c24-20(25)11-9-14(18-22-12-5-1-3-7-16(12)26-18)21-15(10-11)19-23-13-6-2-4-8-17(13)27-19;16-8-4-5-9(10(17)6-8)11-2-1-3-12(21-11)13-7-14(23-22-13)15(18,19)20;/h1-10H,(H,24,25);1-4,6-7H;/q;-2;+2. The van der Waals surface area contributed by atoms with Crippen LogP contribution in [-0.4, -0.2) is 36.1 Å². The normalized spacial score (nSPS) is 11.2. The molecule has 0 saturated heterocycles. The Morgan fingerprint density at radius 2 is 1.29 bits per heavy atom. The Morgan fingerprint density at radius 1 is 0.725 bits per heavy atom. The van der Waals surface area contributed by atoms with Crippen molar-refractivity contribution in [1.29, 1.82) is 0 Å². The van der Waals surface area contributed by atoms with Gasteiger partial charge in [-0.25, -0.2) is 19.7 Å². The smallest absolute Gasteiger partial charge is 0.573 e. The van der Waals surface area contributed by atoms with Gasteiger partial charge in [0, 0.05) is 17.3 Å². The van der Waals surface area contributed by atoms with Crippen molar-refractivity contribution >= 4 is 49.1 Å². The third-order valence-corrected chi connectivity index (χ3v) is 9.17.